The highest BCUT2D eigenvalue weighted by atomic mass is 16.6. The topological polar surface area (TPSA) is 81.9 Å². The Kier molecular flexibility index (Phi) is 15.8. The lowest BCUT2D eigenvalue weighted by molar-refractivity contribution is -0.158. The van der Waals surface area contributed by atoms with E-state index in [4.69, 9.17) is 9.47 Å². The molecule has 0 aromatic rings. The third-order valence-electron chi connectivity index (χ3n) is 4.44. The number of nitrogens with zero attached hydrogens (tertiary/aromatic N) is 1. The zero-order chi connectivity index (χ0) is 23.8. The van der Waals surface area contributed by atoms with Gasteiger partial charge in [0.15, 0.2) is 0 Å². The van der Waals surface area contributed by atoms with Gasteiger partial charge >= 0.3 is 12.1 Å². The van der Waals surface area contributed by atoms with Gasteiger partial charge in [0.25, 0.3) is 0 Å². The maximum atomic E-state index is 12.7. The molecule has 0 aromatic carbocycles. The van der Waals surface area contributed by atoms with Gasteiger partial charge < -0.3 is 20.1 Å². The van der Waals surface area contributed by atoms with Gasteiger partial charge in [-0.2, -0.15) is 0 Å². The molecule has 1 rings (SSSR count). The molecule has 6 heteroatoms. The molecular formula is C24H44N2O4. The summed E-state index contributed by atoms with van der Waals surface area (Å²) in [5.74, 6) is -0.185. The Morgan fingerprint density at radius 1 is 1.17 bits per heavy atom. The zero-order valence-electron chi connectivity index (χ0n) is 20.4. The Labute approximate surface area is 184 Å². The Bertz CT molecular complexity index is 566. The van der Waals surface area contributed by atoms with Crippen molar-refractivity contribution < 1.29 is 19.1 Å². The van der Waals surface area contributed by atoms with E-state index in [0.717, 1.165) is 5.57 Å². The van der Waals surface area contributed by atoms with Crippen molar-refractivity contribution in [1.82, 2.24) is 4.90 Å². The molecule has 0 atom stereocenters. The van der Waals surface area contributed by atoms with Crippen LogP contribution in [0.5, 0.6) is 0 Å². The van der Waals surface area contributed by atoms with Gasteiger partial charge in [-0.25, -0.2) is 4.79 Å². The second kappa shape index (κ2) is 15.7. The third-order valence-corrected chi connectivity index (χ3v) is 4.44. The van der Waals surface area contributed by atoms with Crippen molar-refractivity contribution in [2.45, 2.75) is 73.3 Å². The Balaban J connectivity index is 0. The molecule has 0 radical (unpaired) electrons. The number of ether oxygens (including phenoxy) is 2. The molecule has 1 amide bonds. The summed E-state index contributed by atoms with van der Waals surface area (Å²) in [6.07, 6.45) is 8.93. The van der Waals surface area contributed by atoms with Crippen molar-refractivity contribution >= 4 is 12.1 Å². The number of piperidine rings is 1. The molecule has 1 aliphatic heterocycles. The van der Waals surface area contributed by atoms with E-state index >= 15 is 0 Å². The van der Waals surface area contributed by atoms with Gasteiger partial charge in [0.05, 0.1) is 12.0 Å². The maximum absolute atomic E-state index is 12.7. The van der Waals surface area contributed by atoms with Gasteiger partial charge in [0, 0.05) is 13.1 Å². The molecule has 30 heavy (non-hydrogen) atoms. The summed E-state index contributed by atoms with van der Waals surface area (Å²) in [6, 6.07) is 0. The SMILES string of the molecule is C=C/C=C\C(=C/C)CC1(C(=O)OCC)CCN(C(=O)OC(C)(C)C)CC1.CC.CN. The normalized spacial score (nSPS) is 15.9. The largest absolute Gasteiger partial charge is 0.466 e. The van der Waals surface area contributed by atoms with E-state index in [1.807, 2.05) is 66.7 Å². The summed E-state index contributed by atoms with van der Waals surface area (Å²) in [5, 5.41) is 0. The van der Waals surface area contributed by atoms with Crippen molar-refractivity contribution in [3.8, 4) is 0 Å². The minimum Gasteiger partial charge on any atom is -0.466 e. The first-order valence-corrected chi connectivity index (χ1v) is 10.8. The number of esters is 1. The molecule has 1 aliphatic rings. The fourth-order valence-electron chi connectivity index (χ4n) is 3.02. The summed E-state index contributed by atoms with van der Waals surface area (Å²) in [7, 11) is 1.50. The number of amides is 1. The van der Waals surface area contributed by atoms with Crippen LogP contribution in [0.4, 0.5) is 4.79 Å². The zero-order valence-corrected chi connectivity index (χ0v) is 20.4. The van der Waals surface area contributed by atoms with Gasteiger partial charge in [0.2, 0.25) is 0 Å². The quantitative estimate of drug-likeness (QED) is 0.465. The lowest BCUT2D eigenvalue weighted by atomic mass is 9.73. The molecule has 6 nitrogen and oxygen atoms in total. The molecule has 1 heterocycles. The smallest absolute Gasteiger partial charge is 0.410 e. The average molecular weight is 425 g/mol. The number of likely N-dealkylation sites (tertiary alicyclic amines) is 1. The minimum atomic E-state index is -0.609. The van der Waals surface area contributed by atoms with E-state index in [2.05, 4.69) is 12.3 Å². The van der Waals surface area contributed by atoms with Crippen LogP contribution in [-0.4, -0.2) is 49.3 Å². The van der Waals surface area contributed by atoms with Crippen LogP contribution in [-0.2, 0) is 14.3 Å². The van der Waals surface area contributed by atoms with Crippen LogP contribution in [0.2, 0.25) is 0 Å². The van der Waals surface area contributed by atoms with Crippen molar-refractivity contribution in [3.05, 3.63) is 36.5 Å². The summed E-state index contributed by atoms with van der Waals surface area (Å²) in [6.45, 7) is 18.3. The third kappa shape index (κ3) is 10.6. The van der Waals surface area contributed by atoms with Crippen LogP contribution in [0, 0.1) is 5.41 Å². The highest BCUT2D eigenvalue weighted by molar-refractivity contribution is 5.78. The highest BCUT2D eigenvalue weighted by Gasteiger charge is 2.44. The number of carbonyl (C=O) groups excluding carboxylic acids is 2. The van der Waals surface area contributed by atoms with E-state index in [9.17, 15) is 9.59 Å². The molecule has 1 fully saturated rings. The van der Waals surface area contributed by atoms with Crippen LogP contribution < -0.4 is 5.73 Å². The highest BCUT2D eigenvalue weighted by Crippen LogP contribution is 2.39. The van der Waals surface area contributed by atoms with Gasteiger partial charge in [0.1, 0.15) is 5.60 Å². The van der Waals surface area contributed by atoms with E-state index in [-0.39, 0.29) is 12.1 Å². The van der Waals surface area contributed by atoms with Gasteiger partial charge in [-0.1, -0.05) is 50.3 Å². The number of rotatable bonds is 6. The van der Waals surface area contributed by atoms with Crippen LogP contribution in [0.25, 0.3) is 0 Å². The Hall–Kier alpha value is -2.08. The minimum absolute atomic E-state index is 0.185. The summed E-state index contributed by atoms with van der Waals surface area (Å²) in [4.78, 5) is 26.7. The number of hydrogen-bond donors (Lipinski definition) is 1. The van der Waals surface area contributed by atoms with Crippen LogP contribution in [0.3, 0.4) is 0 Å². The Morgan fingerprint density at radius 3 is 2.10 bits per heavy atom. The van der Waals surface area contributed by atoms with E-state index < -0.39 is 11.0 Å². The lowest BCUT2D eigenvalue weighted by Gasteiger charge is -2.40. The summed E-state index contributed by atoms with van der Waals surface area (Å²) < 4.78 is 10.8. The van der Waals surface area contributed by atoms with Crippen LogP contribution >= 0.6 is 0 Å². The standard InChI is InChI=1S/C21H33NO4.C2H6.CH5N/c1-7-10-11-17(8-2)16-21(18(23)25-9-3)12-14-22(15-13-21)19(24)26-20(4,5)6;2*1-2/h7-8,10-11H,1,9,12-16H2,2-6H3;1-2H3;2H2,1H3/b11-10-,17-8+;;. The molecular weight excluding hydrogens is 380 g/mol. The molecule has 0 spiro atoms. The summed E-state index contributed by atoms with van der Waals surface area (Å²) in [5.41, 5.74) is 4.42. The summed E-state index contributed by atoms with van der Waals surface area (Å²) >= 11 is 0. The number of hydrogen-bond acceptors (Lipinski definition) is 5. The van der Waals surface area contributed by atoms with E-state index in [0.29, 0.717) is 39.0 Å². The molecule has 2 N–H and O–H groups in total. The molecule has 0 aromatic heterocycles. The van der Waals surface area contributed by atoms with Crippen molar-refractivity contribution in [2.75, 3.05) is 26.7 Å². The van der Waals surface area contributed by atoms with E-state index in [1.54, 1.807) is 11.0 Å². The van der Waals surface area contributed by atoms with Crippen LogP contribution in [0.15, 0.2) is 36.5 Å². The van der Waals surface area contributed by atoms with E-state index in [1.165, 1.54) is 7.05 Å². The molecule has 0 unspecified atom stereocenters. The van der Waals surface area contributed by atoms with Crippen molar-refractivity contribution in [1.29, 1.82) is 0 Å². The van der Waals surface area contributed by atoms with Gasteiger partial charge in [-0.3, -0.25) is 4.79 Å². The molecule has 0 bridgehead atoms. The first kappa shape index (κ1) is 30.1. The van der Waals surface area contributed by atoms with Crippen molar-refractivity contribution in [3.63, 3.8) is 0 Å². The number of allylic oxidation sites excluding steroid dienone is 5. The fraction of sp³-hybridized carbons (Fsp3) is 0.667. The molecule has 1 saturated heterocycles. The predicted molar refractivity (Wildman–Crippen MR) is 125 cm³/mol. The molecule has 174 valence electrons. The average Bonchev–Trinajstić information content (AvgIpc) is 2.73. The Morgan fingerprint density at radius 2 is 1.70 bits per heavy atom. The first-order chi connectivity index (χ1) is 14.2. The maximum Gasteiger partial charge on any atom is 0.410 e. The molecule has 0 saturated carbocycles. The molecule has 0 aliphatic carbocycles. The fourth-order valence-corrected chi connectivity index (χ4v) is 3.02. The second-order valence-electron chi connectivity index (χ2n) is 7.60. The predicted octanol–water partition coefficient (Wildman–Crippen LogP) is 5.25. The van der Waals surface area contributed by atoms with Crippen molar-refractivity contribution in [2.24, 2.45) is 11.1 Å². The first-order valence-electron chi connectivity index (χ1n) is 10.8. The second-order valence-corrected chi connectivity index (χ2v) is 7.60. The van der Waals surface area contributed by atoms with Crippen LogP contribution in [0.1, 0.15) is 67.7 Å². The number of nitrogens with two attached hydrogens (primary N) is 1. The lowest BCUT2D eigenvalue weighted by Crippen LogP contribution is -2.48. The van der Waals surface area contributed by atoms with Gasteiger partial charge in [-0.15, -0.1) is 0 Å². The monoisotopic (exact) mass is 424 g/mol. The van der Waals surface area contributed by atoms with Gasteiger partial charge in [-0.05, 0) is 60.9 Å². The number of carbonyl (C=O) groups is 2.